The van der Waals surface area contributed by atoms with Gasteiger partial charge in [0, 0.05) is 6.20 Å². The molecule has 1 heterocycles. The fourth-order valence-electron chi connectivity index (χ4n) is 0.902. The summed E-state index contributed by atoms with van der Waals surface area (Å²) in [6.07, 6.45) is -3.77. The first-order chi connectivity index (χ1) is 6.88. The van der Waals surface area contributed by atoms with Gasteiger partial charge < -0.3 is 4.74 Å². The Labute approximate surface area is 87.8 Å². The fourth-order valence-corrected chi connectivity index (χ4v) is 1.20. The van der Waals surface area contributed by atoms with E-state index in [1.165, 1.54) is 0 Å². The Morgan fingerprint density at radius 3 is 2.60 bits per heavy atom. The predicted molar refractivity (Wildman–Crippen MR) is 45.6 cm³/mol. The third kappa shape index (κ3) is 2.38. The van der Waals surface area contributed by atoms with E-state index in [4.69, 9.17) is 11.6 Å². The fraction of sp³-hybridized carbons (Fsp3) is 0.250. The van der Waals surface area contributed by atoms with Crippen molar-refractivity contribution in [3.05, 3.63) is 28.5 Å². The molecule has 0 amide bonds. The molecule has 0 atom stereocenters. The highest BCUT2D eigenvalue weighted by atomic mass is 35.5. The van der Waals surface area contributed by atoms with Crippen molar-refractivity contribution in [1.29, 1.82) is 0 Å². The number of aromatic nitrogens is 1. The predicted octanol–water partition coefficient (Wildman–Crippen LogP) is 2.54. The van der Waals surface area contributed by atoms with E-state index in [0.29, 0.717) is 6.07 Å². The molecule has 0 aromatic carbocycles. The van der Waals surface area contributed by atoms with Crippen LogP contribution in [0.3, 0.4) is 0 Å². The number of esters is 1. The van der Waals surface area contributed by atoms with Crippen LogP contribution in [0.5, 0.6) is 0 Å². The number of nitrogens with zero attached hydrogens (tertiary/aromatic N) is 1. The van der Waals surface area contributed by atoms with Gasteiger partial charge in [0.1, 0.15) is 0 Å². The van der Waals surface area contributed by atoms with Crippen LogP contribution in [0.1, 0.15) is 16.1 Å². The zero-order chi connectivity index (χ0) is 11.6. The Morgan fingerprint density at radius 2 is 2.13 bits per heavy atom. The lowest BCUT2D eigenvalue weighted by atomic mass is 10.2. The summed E-state index contributed by atoms with van der Waals surface area (Å²) in [5.74, 6) is -1.01. The summed E-state index contributed by atoms with van der Waals surface area (Å²) in [6, 6.07) is 0.689. The lowest BCUT2D eigenvalue weighted by molar-refractivity contribution is -0.137. The Hall–Kier alpha value is -1.30. The van der Waals surface area contributed by atoms with Gasteiger partial charge in [-0.2, -0.15) is 13.2 Å². The summed E-state index contributed by atoms with van der Waals surface area (Å²) < 4.78 is 41.2. The van der Waals surface area contributed by atoms with Crippen LogP contribution in [0.15, 0.2) is 12.3 Å². The van der Waals surface area contributed by atoms with Crippen molar-refractivity contribution in [2.24, 2.45) is 0 Å². The van der Waals surface area contributed by atoms with E-state index >= 15 is 0 Å². The molecule has 7 heteroatoms. The SMILES string of the molecule is COC(=O)c1nccc(C(F)(F)F)c1Cl. The van der Waals surface area contributed by atoms with Crippen LogP contribution < -0.4 is 0 Å². The third-order valence-corrected chi connectivity index (χ3v) is 1.96. The minimum atomic E-state index is -4.62. The van der Waals surface area contributed by atoms with Crippen LogP contribution in [0.4, 0.5) is 13.2 Å². The van der Waals surface area contributed by atoms with Crippen molar-refractivity contribution in [3.8, 4) is 0 Å². The van der Waals surface area contributed by atoms with Crippen LogP contribution in [0, 0.1) is 0 Å². The normalized spacial score (nSPS) is 11.3. The lowest BCUT2D eigenvalue weighted by Gasteiger charge is -2.09. The Kier molecular flexibility index (Phi) is 3.18. The number of ether oxygens (including phenoxy) is 1. The number of alkyl halides is 3. The first kappa shape index (κ1) is 11.8. The van der Waals surface area contributed by atoms with E-state index in [1.54, 1.807) is 0 Å². The highest BCUT2D eigenvalue weighted by Crippen LogP contribution is 2.35. The first-order valence-electron chi connectivity index (χ1n) is 3.68. The lowest BCUT2D eigenvalue weighted by Crippen LogP contribution is -2.12. The van der Waals surface area contributed by atoms with Gasteiger partial charge in [0.25, 0.3) is 0 Å². The molecule has 0 N–H and O–H groups in total. The monoisotopic (exact) mass is 239 g/mol. The van der Waals surface area contributed by atoms with Gasteiger partial charge in [-0.1, -0.05) is 11.6 Å². The van der Waals surface area contributed by atoms with Crippen LogP contribution in [-0.4, -0.2) is 18.1 Å². The number of rotatable bonds is 1. The molecule has 1 aromatic heterocycles. The highest BCUT2D eigenvalue weighted by Gasteiger charge is 2.35. The standard InChI is InChI=1S/C8H5ClF3NO2/c1-15-7(14)6-5(9)4(2-3-13-6)8(10,11)12/h2-3H,1H3. The molecular weight excluding hydrogens is 235 g/mol. The molecule has 15 heavy (non-hydrogen) atoms. The van der Waals surface area contributed by atoms with Gasteiger partial charge in [-0.15, -0.1) is 0 Å². The molecular formula is C8H5ClF3NO2. The molecule has 0 fully saturated rings. The summed E-state index contributed by atoms with van der Waals surface area (Å²) in [5.41, 5.74) is -1.66. The van der Waals surface area contributed by atoms with Crippen molar-refractivity contribution in [2.75, 3.05) is 7.11 Å². The summed E-state index contributed by atoms with van der Waals surface area (Å²) in [6.45, 7) is 0. The number of methoxy groups -OCH3 is 1. The van der Waals surface area contributed by atoms with Crippen molar-refractivity contribution in [2.45, 2.75) is 6.18 Å². The van der Waals surface area contributed by atoms with E-state index < -0.39 is 28.4 Å². The number of hydrogen-bond acceptors (Lipinski definition) is 3. The number of hydrogen-bond donors (Lipinski definition) is 0. The molecule has 0 unspecified atom stereocenters. The van der Waals surface area contributed by atoms with Gasteiger partial charge >= 0.3 is 12.1 Å². The van der Waals surface area contributed by atoms with E-state index in [1.807, 2.05) is 0 Å². The second-order valence-corrected chi connectivity index (χ2v) is 2.89. The second-order valence-electron chi connectivity index (χ2n) is 2.51. The Balaban J connectivity index is 3.30. The van der Waals surface area contributed by atoms with Gasteiger partial charge in [-0.25, -0.2) is 9.78 Å². The van der Waals surface area contributed by atoms with Gasteiger partial charge in [-0.05, 0) is 6.07 Å². The summed E-state index contributed by atoms with van der Waals surface area (Å²) in [5, 5.41) is -0.753. The van der Waals surface area contributed by atoms with Gasteiger partial charge in [-0.3, -0.25) is 0 Å². The molecule has 0 radical (unpaired) electrons. The average Bonchev–Trinajstić information content (AvgIpc) is 2.15. The molecule has 0 aliphatic carbocycles. The van der Waals surface area contributed by atoms with Crippen LogP contribution in [0.2, 0.25) is 5.02 Å². The molecule has 0 spiro atoms. The smallest absolute Gasteiger partial charge is 0.417 e. The maximum Gasteiger partial charge on any atom is 0.417 e. The van der Waals surface area contributed by atoms with Crippen LogP contribution in [0.25, 0.3) is 0 Å². The van der Waals surface area contributed by atoms with E-state index in [0.717, 1.165) is 13.3 Å². The summed E-state index contributed by atoms with van der Waals surface area (Å²) in [4.78, 5) is 14.4. The molecule has 0 saturated carbocycles. The summed E-state index contributed by atoms with van der Waals surface area (Å²) in [7, 11) is 1.03. The molecule has 0 saturated heterocycles. The minimum absolute atomic E-state index is 0.547. The highest BCUT2D eigenvalue weighted by molar-refractivity contribution is 6.34. The molecule has 1 rings (SSSR count). The molecule has 3 nitrogen and oxygen atoms in total. The van der Waals surface area contributed by atoms with E-state index in [2.05, 4.69) is 9.72 Å². The maximum absolute atomic E-state index is 12.3. The second kappa shape index (κ2) is 4.06. The number of pyridine rings is 1. The van der Waals surface area contributed by atoms with Gasteiger partial charge in [0.15, 0.2) is 5.69 Å². The van der Waals surface area contributed by atoms with E-state index in [-0.39, 0.29) is 0 Å². The summed E-state index contributed by atoms with van der Waals surface area (Å²) >= 11 is 5.38. The molecule has 1 aromatic rings. The average molecular weight is 240 g/mol. The van der Waals surface area contributed by atoms with Crippen molar-refractivity contribution in [3.63, 3.8) is 0 Å². The Bertz CT molecular complexity index is 392. The number of carbonyl (C=O) groups excluding carboxylic acids is 1. The largest absolute Gasteiger partial charge is 0.464 e. The molecule has 0 aliphatic rings. The molecule has 0 aliphatic heterocycles. The van der Waals surface area contributed by atoms with Crippen molar-refractivity contribution in [1.82, 2.24) is 4.98 Å². The minimum Gasteiger partial charge on any atom is -0.464 e. The zero-order valence-electron chi connectivity index (χ0n) is 7.43. The molecule has 82 valence electrons. The van der Waals surface area contributed by atoms with Gasteiger partial charge in [0.05, 0.1) is 17.7 Å². The number of halogens is 4. The van der Waals surface area contributed by atoms with Crippen LogP contribution >= 0.6 is 11.6 Å². The Morgan fingerprint density at radius 1 is 1.53 bits per heavy atom. The third-order valence-electron chi connectivity index (χ3n) is 1.57. The number of carbonyl (C=O) groups is 1. The topological polar surface area (TPSA) is 39.2 Å². The van der Waals surface area contributed by atoms with Crippen LogP contribution in [-0.2, 0) is 10.9 Å². The quantitative estimate of drug-likeness (QED) is 0.707. The maximum atomic E-state index is 12.3. The molecule has 0 bridgehead atoms. The zero-order valence-corrected chi connectivity index (χ0v) is 8.19. The van der Waals surface area contributed by atoms with E-state index in [9.17, 15) is 18.0 Å². The van der Waals surface area contributed by atoms with Gasteiger partial charge in [0.2, 0.25) is 0 Å². The first-order valence-corrected chi connectivity index (χ1v) is 4.05. The van der Waals surface area contributed by atoms with Crippen molar-refractivity contribution < 1.29 is 22.7 Å². The van der Waals surface area contributed by atoms with Crippen molar-refractivity contribution >= 4 is 17.6 Å².